The van der Waals surface area contributed by atoms with E-state index in [1.165, 1.54) is 13.0 Å². The van der Waals surface area contributed by atoms with Crippen LogP contribution in [0.1, 0.15) is 102 Å². The van der Waals surface area contributed by atoms with E-state index in [1.54, 1.807) is 107 Å². The van der Waals surface area contributed by atoms with Gasteiger partial charge in [0.15, 0.2) is 17.1 Å². The van der Waals surface area contributed by atoms with Crippen molar-refractivity contribution in [3.8, 4) is 11.5 Å². The number of hydrogen-bond acceptors (Lipinski definition) is 14. The van der Waals surface area contributed by atoms with Crippen LogP contribution in [-0.4, -0.2) is 100 Å². The first-order valence-electron chi connectivity index (χ1n) is 18.6. The van der Waals surface area contributed by atoms with Gasteiger partial charge in [-0.25, -0.2) is 38.6 Å². The van der Waals surface area contributed by atoms with Gasteiger partial charge in [-0.05, 0) is 96.1 Å². The second kappa shape index (κ2) is 18.2. The van der Waals surface area contributed by atoms with Crippen molar-refractivity contribution < 1.29 is 66.7 Å². The molecule has 1 atom stereocenters. The number of rotatable bonds is 9. The fraction of sp³-hybridized carbons (Fsp3) is 0.550. The minimum Gasteiger partial charge on any atom is -0.454 e. The van der Waals surface area contributed by atoms with Crippen molar-refractivity contribution in [1.29, 1.82) is 0 Å². The van der Waals surface area contributed by atoms with Crippen LogP contribution in [0.3, 0.4) is 0 Å². The Balaban J connectivity index is 1.87. The molecule has 3 N–H and O–H groups in total. The van der Waals surface area contributed by atoms with Crippen LogP contribution in [0.25, 0.3) is 21.7 Å². The standard InChI is InChI=1S/C40H56N4O14/c1-23(45)27-22-26-28(53-31(46)41-18-20-43(33(48)55-37(2,3)4)34(49)56-38(5,6)7)24-16-14-15-17-25(24)29(30(26)52-27)54-32(47)42-19-21-44(35(50)57-39(8,9)10)36(51)58-40(11,12)13/h14-17,22-23,45H,18-21H2,1-13H3,(H,41,46)(H,42,47). The Hall–Kier alpha value is -5.78. The number of fused-ring (bicyclic) bond motifs is 2. The number of furan rings is 1. The molecule has 58 heavy (non-hydrogen) atoms. The number of imide groups is 2. The van der Waals surface area contributed by atoms with Gasteiger partial charge in [-0.2, -0.15) is 0 Å². The van der Waals surface area contributed by atoms with Gasteiger partial charge in [0.1, 0.15) is 34.3 Å². The Labute approximate surface area is 337 Å². The third-order valence-corrected chi connectivity index (χ3v) is 7.08. The molecule has 18 nitrogen and oxygen atoms in total. The molecule has 3 rings (SSSR count). The highest BCUT2D eigenvalue weighted by Gasteiger charge is 2.33. The maximum atomic E-state index is 13.3. The van der Waals surface area contributed by atoms with E-state index in [4.69, 9.17) is 32.8 Å². The fourth-order valence-corrected chi connectivity index (χ4v) is 4.89. The molecular formula is C40H56N4O14. The minimum absolute atomic E-state index is 0.0204. The summed E-state index contributed by atoms with van der Waals surface area (Å²) in [5.41, 5.74) is -3.76. The summed E-state index contributed by atoms with van der Waals surface area (Å²) in [5.74, 6) is -0.0613. The lowest BCUT2D eigenvalue weighted by molar-refractivity contribution is -0.000369. The Morgan fingerprint density at radius 1 is 0.603 bits per heavy atom. The van der Waals surface area contributed by atoms with E-state index in [0.29, 0.717) is 5.39 Å². The van der Waals surface area contributed by atoms with Crippen LogP contribution in [0.2, 0.25) is 0 Å². The first kappa shape index (κ1) is 46.6. The van der Waals surface area contributed by atoms with Crippen molar-refractivity contribution in [2.45, 2.75) is 119 Å². The number of carbonyl (C=O) groups excluding carboxylic acids is 6. The monoisotopic (exact) mass is 816 g/mol. The predicted octanol–water partition coefficient (Wildman–Crippen LogP) is 8.16. The Morgan fingerprint density at radius 3 is 1.29 bits per heavy atom. The topological polar surface area (TPSA) is 222 Å². The molecule has 1 unspecified atom stereocenters. The molecule has 0 fully saturated rings. The first-order chi connectivity index (χ1) is 26.5. The maximum absolute atomic E-state index is 13.3. The lowest BCUT2D eigenvalue weighted by atomic mass is 10.1. The zero-order valence-corrected chi connectivity index (χ0v) is 35.4. The molecular weight excluding hydrogens is 760 g/mol. The first-order valence-corrected chi connectivity index (χ1v) is 18.6. The van der Waals surface area contributed by atoms with Crippen LogP contribution in [0.5, 0.6) is 11.5 Å². The zero-order valence-electron chi connectivity index (χ0n) is 35.4. The zero-order chi connectivity index (χ0) is 44.0. The fourth-order valence-electron chi connectivity index (χ4n) is 4.89. The molecule has 0 saturated heterocycles. The summed E-state index contributed by atoms with van der Waals surface area (Å²) in [6.45, 7) is 19.9. The van der Waals surface area contributed by atoms with E-state index >= 15 is 0 Å². The van der Waals surface area contributed by atoms with Crippen molar-refractivity contribution in [3.05, 3.63) is 36.1 Å². The van der Waals surface area contributed by atoms with Gasteiger partial charge in [0.05, 0.1) is 18.5 Å². The number of aliphatic hydroxyl groups is 1. The van der Waals surface area contributed by atoms with E-state index in [0.717, 1.165) is 9.80 Å². The second-order valence-corrected chi connectivity index (χ2v) is 17.1. The molecule has 0 bridgehead atoms. The highest BCUT2D eigenvalue weighted by molar-refractivity contribution is 6.11. The molecule has 0 aliphatic carbocycles. The van der Waals surface area contributed by atoms with E-state index in [2.05, 4.69) is 10.6 Å². The van der Waals surface area contributed by atoms with Crippen molar-refractivity contribution in [2.24, 2.45) is 0 Å². The van der Waals surface area contributed by atoms with Gasteiger partial charge in [-0.15, -0.1) is 0 Å². The number of amides is 6. The molecule has 6 amide bonds. The number of ether oxygens (including phenoxy) is 6. The largest absolute Gasteiger partial charge is 0.454 e. The van der Waals surface area contributed by atoms with Gasteiger partial charge in [-0.1, -0.05) is 24.3 Å². The Kier molecular flexibility index (Phi) is 14.6. The average molecular weight is 817 g/mol. The summed E-state index contributed by atoms with van der Waals surface area (Å²) in [4.78, 5) is 79.5. The summed E-state index contributed by atoms with van der Waals surface area (Å²) in [7, 11) is 0. The summed E-state index contributed by atoms with van der Waals surface area (Å²) in [5, 5.41) is 16.1. The average Bonchev–Trinajstić information content (AvgIpc) is 3.49. The van der Waals surface area contributed by atoms with Crippen LogP contribution in [0.15, 0.2) is 34.7 Å². The second-order valence-electron chi connectivity index (χ2n) is 17.1. The highest BCUT2D eigenvalue weighted by Crippen LogP contribution is 2.45. The van der Waals surface area contributed by atoms with Crippen LogP contribution in [-0.2, 0) is 18.9 Å². The molecule has 2 aromatic carbocycles. The van der Waals surface area contributed by atoms with Gasteiger partial charge in [0.25, 0.3) is 0 Å². The number of benzene rings is 2. The Bertz CT molecular complexity index is 1800. The number of hydrogen-bond donors (Lipinski definition) is 3. The quantitative estimate of drug-likeness (QED) is 0.173. The summed E-state index contributed by atoms with van der Waals surface area (Å²) < 4.78 is 38.9. The molecule has 0 radical (unpaired) electrons. The molecule has 0 aliphatic heterocycles. The van der Waals surface area contributed by atoms with E-state index in [1.807, 2.05) is 0 Å². The molecule has 18 heteroatoms. The van der Waals surface area contributed by atoms with Crippen molar-refractivity contribution >= 4 is 58.3 Å². The third-order valence-electron chi connectivity index (χ3n) is 7.08. The molecule has 320 valence electrons. The molecule has 0 saturated carbocycles. The van der Waals surface area contributed by atoms with Crippen LogP contribution < -0.4 is 20.1 Å². The molecule has 3 aromatic rings. The number of nitrogens with zero attached hydrogens (tertiary/aromatic N) is 2. The van der Waals surface area contributed by atoms with Gasteiger partial charge >= 0.3 is 36.6 Å². The molecule has 1 heterocycles. The van der Waals surface area contributed by atoms with Gasteiger partial charge < -0.3 is 48.6 Å². The lowest BCUT2D eigenvalue weighted by Crippen LogP contribution is -2.47. The van der Waals surface area contributed by atoms with Crippen molar-refractivity contribution in [1.82, 2.24) is 20.4 Å². The summed E-state index contributed by atoms with van der Waals surface area (Å²) in [6.07, 6.45) is -7.01. The summed E-state index contributed by atoms with van der Waals surface area (Å²) in [6, 6.07) is 7.90. The number of nitrogens with one attached hydrogen (secondary N) is 2. The maximum Gasteiger partial charge on any atom is 0.419 e. The van der Waals surface area contributed by atoms with Gasteiger partial charge in [0.2, 0.25) is 0 Å². The normalized spacial score (nSPS) is 12.6. The van der Waals surface area contributed by atoms with E-state index < -0.39 is 65.1 Å². The van der Waals surface area contributed by atoms with E-state index in [-0.39, 0.29) is 59.8 Å². The molecule has 1 aromatic heterocycles. The van der Waals surface area contributed by atoms with Gasteiger partial charge in [-0.3, -0.25) is 0 Å². The Morgan fingerprint density at radius 2 is 0.948 bits per heavy atom. The van der Waals surface area contributed by atoms with E-state index in [9.17, 15) is 33.9 Å². The van der Waals surface area contributed by atoms with Gasteiger partial charge in [0, 0.05) is 23.9 Å². The third kappa shape index (κ3) is 14.0. The van der Waals surface area contributed by atoms with Crippen molar-refractivity contribution in [3.63, 3.8) is 0 Å². The SMILES string of the molecule is CC(O)c1cc2c(OC(=O)NCCN(C(=O)OC(C)(C)C)C(=O)OC(C)(C)C)c3ccccc3c(OC(=O)NCCN(C(=O)OC(C)(C)C)C(=O)OC(C)(C)C)c2o1. The predicted molar refractivity (Wildman–Crippen MR) is 211 cm³/mol. The van der Waals surface area contributed by atoms with Crippen LogP contribution in [0, 0.1) is 0 Å². The lowest BCUT2D eigenvalue weighted by Gasteiger charge is -2.28. The smallest absolute Gasteiger partial charge is 0.419 e. The summed E-state index contributed by atoms with van der Waals surface area (Å²) >= 11 is 0. The molecule has 0 aliphatic rings. The minimum atomic E-state index is -1.13. The highest BCUT2D eigenvalue weighted by atomic mass is 16.6. The van der Waals surface area contributed by atoms with Crippen LogP contribution in [0.4, 0.5) is 28.8 Å². The number of carbonyl (C=O) groups is 6. The van der Waals surface area contributed by atoms with Crippen LogP contribution >= 0.6 is 0 Å². The number of aliphatic hydroxyl groups excluding tert-OH is 1. The molecule has 0 spiro atoms. The van der Waals surface area contributed by atoms with Crippen molar-refractivity contribution in [2.75, 3.05) is 26.2 Å².